The Labute approximate surface area is 199 Å². The molecular formula is C23H44N2O8. The monoisotopic (exact) mass is 476 g/mol. The van der Waals surface area contributed by atoms with Gasteiger partial charge >= 0.3 is 18.2 Å². The Morgan fingerprint density at radius 2 is 1.70 bits per heavy atom. The zero-order valence-corrected chi connectivity index (χ0v) is 19.9. The summed E-state index contributed by atoms with van der Waals surface area (Å²) in [4.78, 5) is 32.2. The van der Waals surface area contributed by atoms with Crippen LogP contribution in [-0.4, -0.2) is 64.5 Å². The van der Waals surface area contributed by atoms with Gasteiger partial charge in [0, 0.05) is 15.5 Å². The summed E-state index contributed by atoms with van der Waals surface area (Å²) in [5, 5.41) is 2.79. The third kappa shape index (κ3) is 15.8. The maximum Gasteiger partial charge on any atom is 0.407 e. The first-order valence-electron chi connectivity index (χ1n) is 11.3. The summed E-state index contributed by atoms with van der Waals surface area (Å²) in [6.45, 7) is 12.6. The fourth-order valence-electron chi connectivity index (χ4n) is 3.68. The van der Waals surface area contributed by atoms with Crippen LogP contribution < -0.4 is 11.1 Å². The molecule has 0 aromatic carbocycles. The Kier molecular flexibility index (Phi) is 18.5. The van der Waals surface area contributed by atoms with Gasteiger partial charge in [0.05, 0.1) is 13.2 Å². The number of ether oxygens (including phenoxy) is 5. The van der Waals surface area contributed by atoms with Crippen molar-refractivity contribution in [2.75, 3.05) is 46.4 Å². The van der Waals surface area contributed by atoms with Crippen LogP contribution in [0.3, 0.4) is 0 Å². The van der Waals surface area contributed by atoms with E-state index in [1.54, 1.807) is 6.08 Å². The van der Waals surface area contributed by atoms with Gasteiger partial charge in [-0.15, -0.1) is 6.58 Å². The Morgan fingerprint density at radius 1 is 1.00 bits per heavy atom. The smallest absolute Gasteiger partial charge is 0.407 e. The molecule has 2 saturated carbocycles. The summed E-state index contributed by atoms with van der Waals surface area (Å²) in [7, 11) is 0. The van der Waals surface area contributed by atoms with Crippen LogP contribution in [0, 0.1) is 17.8 Å². The molecule has 33 heavy (non-hydrogen) atoms. The number of fused-ring (bicyclic) bond motifs is 2. The number of nitrogens with one attached hydrogen (secondary N) is 1. The first-order valence-corrected chi connectivity index (χ1v) is 11.3. The highest BCUT2D eigenvalue weighted by atomic mass is 16.7. The van der Waals surface area contributed by atoms with E-state index in [1.165, 1.54) is 25.7 Å². The van der Waals surface area contributed by atoms with Crippen LogP contribution >= 0.6 is 0 Å². The fourth-order valence-corrected chi connectivity index (χ4v) is 3.68. The standard InChI is InChI=1S/C14H21NO4.C7H13NO4.C2H6.2H2/c1-2-13(16)18-5-6-19-14(17)15-9-12-8-10-3-4-11(12)7-10;1-2-3-10-6-11-4-5-12-7(8)9;1-2;;/h2,10-12H,1,3-9H2,(H,15,17);2H,1,3-6H2,(H2,8,9);1-2H3;2*1H. The number of nitrogens with two attached hydrogens (primary N) is 1. The first-order chi connectivity index (χ1) is 16.0. The van der Waals surface area contributed by atoms with E-state index >= 15 is 0 Å². The maximum absolute atomic E-state index is 11.4. The second-order valence-corrected chi connectivity index (χ2v) is 7.18. The molecule has 2 aliphatic rings. The molecule has 2 bridgehead atoms. The number of rotatable bonds is 13. The van der Waals surface area contributed by atoms with Gasteiger partial charge in [-0.3, -0.25) is 0 Å². The SMILES string of the molecule is C=CC(=O)OCCOC(=O)NCC1CC2CCC1C2.C=CCOCOCCOC(N)=O.CC.[HH].[HH]. The zero-order chi connectivity index (χ0) is 24.9. The van der Waals surface area contributed by atoms with Gasteiger partial charge in [0.2, 0.25) is 0 Å². The molecule has 194 valence electrons. The van der Waals surface area contributed by atoms with Crippen molar-refractivity contribution in [3.8, 4) is 0 Å². The van der Waals surface area contributed by atoms with Crippen molar-refractivity contribution in [2.24, 2.45) is 23.5 Å². The topological polar surface area (TPSA) is 135 Å². The molecule has 0 saturated heterocycles. The highest BCUT2D eigenvalue weighted by Gasteiger charge is 2.39. The number of primary amides is 1. The van der Waals surface area contributed by atoms with Crippen LogP contribution in [0.25, 0.3) is 0 Å². The second kappa shape index (κ2) is 20.0. The molecule has 0 heterocycles. The average Bonchev–Trinajstić information content (AvgIpc) is 3.45. The number of carbonyl (C=O) groups is 3. The Bertz CT molecular complexity index is 596. The summed E-state index contributed by atoms with van der Waals surface area (Å²) < 4.78 is 23.8. The Morgan fingerprint density at radius 3 is 2.27 bits per heavy atom. The molecular weight excluding hydrogens is 432 g/mol. The fraction of sp³-hybridized carbons (Fsp3) is 0.696. The quantitative estimate of drug-likeness (QED) is 0.103. The number of carbonyl (C=O) groups excluding carboxylic acids is 3. The van der Waals surface area contributed by atoms with E-state index in [0.29, 0.717) is 19.1 Å². The van der Waals surface area contributed by atoms with Crippen LogP contribution in [0.1, 0.15) is 42.4 Å². The van der Waals surface area contributed by atoms with E-state index in [0.717, 1.165) is 17.9 Å². The molecule has 0 spiro atoms. The molecule has 3 atom stereocenters. The van der Waals surface area contributed by atoms with Gasteiger partial charge in [-0.25, -0.2) is 14.4 Å². The van der Waals surface area contributed by atoms with Gasteiger partial charge in [-0.05, 0) is 37.0 Å². The van der Waals surface area contributed by atoms with Crippen molar-refractivity contribution in [2.45, 2.75) is 39.5 Å². The molecule has 3 unspecified atom stereocenters. The van der Waals surface area contributed by atoms with Crippen molar-refractivity contribution >= 4 is 18.2 Å². The van der Waals surface area contributed by atoms with Gasteiger partial charge in [0.1, 0.15) is 26.6 Å². The number of esters is 1. The molecule has 10 nitrogen and oxygen atoms in total. The number of hydrogen-bond donors (Lipinski definition) is 2. The van der Waals surface area contributed by atoms with Crippen LogP contribution in [0.15, 0.2) is 25.3 Å². The Balaban J connectivity index is -0.000000563. The molecule has 0 aromatic rings. The first kappa shape index (κ1) is 30.4. The van der Waals surface area contributed by atoms with Crippen molar-refractivity contribution in [1.82, 2.24) is 5.32 Å². The molecule has 0 radical (unpaired) electrons. The van der Waals surface area contributed by atoms with Gasteiger partial charge in [-0.1, -0.05) is 32.9 Å². The van der Waals surface area contributed by atoms with Crippen LogP contribution in [0.5, 0.6) is 0 Å². The Hall–Kier alpha value is -2.59. The predicted molar refractivity (Wildman–Crippen MR) is 128 cm³/mol. The molecule has 0 aliphatic heterocycles. The molecule has 3 N–H and O–H groups in total. The van der Waals surface area contributed by atoms with Crippen molar-refractivity contribution in [3.63, 3.8) is 0 Å². The van der Waals surface area contributed by atoms with E-state index in [-0.39, 0.29) is 36.1 Å². The van der Waals surface area contributed by atoms with E-state index in [9.17, 15) is 14.4 Å². The largest absolute Gasteiger partial charge is 0.459 e. The lowest BCUT2D eigenvalue weighted by atomic mass is 9.89. The summed E-state index contributed by atoms with van der Waals surface area (Å²) in [6.07, 6.45) is 6.70. The lowest BCUT2D eigenvalue weighted by Gasteiger charge is -2.21. The van der Waals surface area contributed by atoms with Gasteiger partial charge < -0.3 is 34.7 Å². The summed E-state index contributed by atoms with van der Waals surface area (Å²) in [5.41, 5.74) is 4.69. The number of amides is 2. The number of hydrogen-bond acceptors (Lipinski definition) is 8. The molecule has 2 fully saturated rings. The third-order valence-corrected chi connectivity index (χ3v) is 4.99. The molecule has 2 rings (SSSR count). The molecule has 2 amide bonds. The van der Waals surface area contributed by atoms with E-state index in [1.807, 2.05) is 13.8 Å². The van der Waals surface area contributed by atoms with E-state index in [2.05, 4.69) is 23.2 Å². The minimum atomic E-state index is -0.800. The van der Waals surface area contributed by atoms with Crippen LogP contribution in [0.2, 0.25) is 0 Å². The van der Waals surface area contributed by atoms with Crippen molar-refractivity contribution < 1.29 is 40.9 Å². The van der Waals surface area contributed by atoms with Gasteiger partial charge in [-0.2, -0.15) is 0 Å². The van der Waals surface area contributed by atoms with Gasteiger partial charge in [0.15, 0.2) is 0 Å². The number of alkyl carbamates (subject to hydrolysis) is 1. The van der Waals surface area contributed by atoms with Crippen molar-refractivity contribution in [3.05, 3.63) is 25.3 Å². The zero-order valence-electron chi connectivity index (χ0n) is 19.9. The average molecular weight is 477 g/mol. The normalized spacial score (nSPS) is 19.6. The summed E-state index contributed by atoms with van der Waals surface area (Å²) in [5.74, 6) is 1.78. The second-order valence-electron chi connectivity index (χ2n) is 7.18. The highest BCUT2D eigenvalue weighted by Crippen LogP contribution is 2.47. The third-order valence-electron chi connectivity index (χ3n) is 4.99. The minimum Gasteiger partial charge on any atom is -0.459 e. The lowest BCUT2D eigenvalue weighted by molar-refractivity contribution is -0.138. The van der Waals surface area contributed by atoms with Crippen LogP contribution in [0.4, 0.5) is 9.59 Å². The predicted octanol–water partition coefficient (Wildman–Crippen LogP) is 3.65. The highest BCUT2D eigenvalue weighted by molar-refractivity contribution is 5.81. The molecule has 0 aromatic heterocycles. The molecule has 10 heteroatoms. The minimum absolute atomic E-state index is 0. The van der Waals surface area contributed by atoms with Crippen molar-refractivity contribution in [1.29, 1.82) is 0 Å². The summed E-state index contributed by atoms with van der Waals surface area (Å²) >= 11 is 0. The van der Waals surface area contributed by atoms with Crippen LogP contribution in [-0.2, 0) is 28.5 Å². The molecule has 2 aliphatic carbocycles. The van der Waals surface area contributed by atoms with Gasteiger partial charge in [0.25, 0.3) is 0 Å². The lowest BCUT2D eigenvalue weighted by Crippen LogP contribution is -2.32. The van der Waals surface area contributed by atoms with E-state index in [4.69, 9.17) is 24.7 Å². The summed E-state index contributed by atoms with van der Waals surface area (Å²) in [6, 6.07) is 0. The van der Waals surface area contributed by atoms with E-state index < -0.39 is 18.2 Å². The maximum atomic E-state index is 11.4.